The van der Waals surface area contributed by atoms with Crippen LogP contribution in [-0.4, -0.2) is 53.7 Å². The Bertz CT molecular complexity index is 375. The molecule has 1 saturated carbocycles. The SMILES string of the molecule is CC(C)NC1(C(N)=O)CCCC(N2CC(C)OCC2C)C1. The minimum atomic E-state index is -0.543. The number of carbonyl (C=O) groups excluding carboxylic acids is 1. The largest absolute Gasteiger partial charge is 0.376 e. The maximum atomic E-state index is 12.1. The van der Waals surface area contributed by atoms with Gasteiger partial charge in [-0.1, -0.05) is 0 Å². The third kappa shape index (κ3) is 3.76. The molecular formula is C16H31N3O2. The molecule has 0 spiro atoms. The molecule has 4 atom stereocenters. The highest BCUT2D eigenvalue weighted by molar-refractivity contribution is 5.85. The molecule has 4 unspecified atom stereocenters. The molecule has 2 aliphatic rings. The summed E-state index contributed by atoms with van der Waals surface area (Å²) in [6.45, 7) is 10.2. The van der Waals surface area contributed by atoms with Crippen LogP contribution >= 0.6 is 0 Å². The van der Waals surface area contributed by atoms with Crippen LogP contribution < -0.4 is 11.1 Å². The lowest BCUT2D eigenvalue weighted by molar-refractivity contribution is -0.129. The molecule has 1 heterocycles. The number of primary amides is 1. The van der Waals surface area contributed by atoms with Crippen molar-refractivity contribution in [3.05, 3.63) is 0 Å². The minimum absolute atomic E-state index is 0.199. The van der Waals surface area contributed by atoms with E-state index in [1.165, 1.54) is 0 Å². The number of nitrogens with zero attached hydrogens (tertiary/aromatic N) is 1. The predicted octanol–water partition coefficient (Wildman–Crippen LogP) is 1.26. The average Bonchev–Trinajstić information content (AvgIpc) is 2.41. The summed E-state index contributed by atoms with van der Waals surface area (Å²) in [4.78, 5) is 14.6. The van der Waals surface area contributed by atoms with E-state index in [4.69, 9.17) is 10.5 Å². The first kappa shape index (κ1) is 16.7. The van der Waals surface area contributed by atoms with Gasteiger partial charge in [0, 0.05) is 24.7 Å². The lowest BCUT2D eigenvalue weighted by atomic mass is 9.77. The van der Waals surface area contributed by atoms with Gasteiger partial charge in [0.25, 0.3) is 0 Å². The summed E-state index contributed by atoms with van der Waals surface area (Å²) in [5.41, 5.74) is 5.22. The van der Waals surface area contributed by atoms with Crippen molar-refractivity contribution in [2.45, 2.75) is 83.1 Å². The number of ether oxygens (including phenoxy) is 1. The van der Waals surface area contributed by atoms with E-state index in [2.05, 4.69) is 37.9 Å². The topological polar surface area (TPSA) is 67.6 Å². The van der Waals surface area contributed by atoms with Crippen molar-refractivity contribution in [1.82, 2.24) is 10.2 Å². The van der Waals surface area contributed by atoms with Crippen LogP contribution in [0.3, 0.4) is 0 Å². The zero-order valence-electron chi connectivity index (χ0n) is 13.9. The standard InChI is InChI=1S/C16H31N3O2/c1-11(2)18-16(15(17)20)7-5-6-14(8-16)19-9-13(4)21-10-12(19)3/h11-14,18H,5-10H2,1-4H3,(H2,17,20). The van der Waals surface area contributed by atoms with E-state index in [1.54, 1.807) is 0 Å². The Balaban J connectivity index is 2.12. The van der Waals surface area contributed by atoms with Gasteiger partial charge in [0.15, 0.2) is 0 Å². The van der Waals surface area contributed by atoms with Gasteiger partial charge in [-0.25, -0.2) is 0 Å². The van der Waals surface area contributed by atoms with Crippen molar-refractivity contribution in [1.29, 1.82) is 0 Å². The highest BCUT2D eigenvalue weighted by Gasteiger charge is 2.44. The Hall–Kier alpha value is -0.650. The molecule has 0 aromatic carbocycles. The van der Waals surface area contributed by atoms with Crippen LogP contribution in [0.4, 0.5) is 0 Å². The lowest BCUT2D eigenvalue weighted by Crippen LogP contribution is -2.64. The van der Waals surface area contributed by atoms with Gasteiger partial charge in [-0.05, 0) is 53.4 Å². The maximum absolute atomic E-state index is 12.1. The van der Waals surface area contributed by atoms with Gasteiger partial charge in [0.05, 0.1) is 18.2 Å². The molecule has 5 nitrogen and oxygen atoms in total. The molecule has 0 aromatic rings. The van der Waals surface area contributed by atoms with E-state index in [-0.39, 0.29) is 18.1 Å². The fourth-order valence-electron chi connectivity index (χ4n) is 3.95. The molecule has 0 aromatic heterocycles. The molecule has 21 heavy (non-hydrogen) atoms. The molecule has 122 valence electrons. The molecule has 2 rings (SSSR count). The Morgan fingerprint density at radius 2 is 2.14 bits per heavy atom. The van der Waals surface area contributed by atoms with Crippen molar-refractivity contribution in [2.75, 3.05) is 13.2 Å². The van der Waals surface area contributed by atoms with Gasteiger partial charge < -0.3 is 15.8 Å². The molecule has 1 amide bonds. The fourth-order valence-corrected chi connectivity index (χ4v) is 3.95. The molecule has 0 bridgehead atoms. The van der Waals surface area contributed by atoms with Crippen molar-refractivity contribution < 1.29 is 9.53 Å². The molecular weight excluding hydrogens is 266 g/mol. The van der Waals surface area contributed by atoms with Gasteiger partial charge in [0.1, 0.15) is 0 Å². The van der Waals surface area contributed by atoms with E-state index in [0.29, 0.717) is 12.1 Å². The Morgan fingerprint density at radius 1 is 1.43 bits per heavy atom. The summed E-state index contributed by atoms with van der Waals surface area (Å²) in [6, 6.07) is 1.09. The molecule has 0 radical (unpaired) electrons. The van der Waals surface area contributed by atoms with Crippen molar-refractivity contribution in [2.24, 2.45) is 5.73 Å². The van der Waals surface area contributed by atoms with E-state index in [0.717, 1.165) is 38.8 Å². The molecule has 5 heteroatoms. The van der Waals surface area contributed by atoms with E-state index < -0.39 is 5.54 Å². The summed E-state index contributed by atoms with van der Waals surface area (Å²) in [5.74, 6) is -0.199. The van der Waals surface area contributed by atoms with E-state index >= 15 is 0 Å². The predicted molar refractivity (Wildman–Crippen MR) is 84.0 cm³/mol. The number of hydrogen-bond acceptors (Lipinski definition) is 4. The number of nitrogens with two attached hydrogens (primary N) is 1. The molecule has 1 aliphatic heterocycles. The van der Waals surface area contributed by atoms with Crippen LogP contribution in [0.2, 0.25) is 0 Å². The second-order valence-corrected chi connectivity index (χ2v) is 7.19. The number of rotatable bonds is 4. The first-order valence-electron chi connectivity index (χ1n) is 8.29. The van der Waals surface area contributed by atoms with Crippen LogP contribution in [0.15, 0.2) is 0 Å². The number of amides is 1. The molecule has 1 aliphatic carbocycles. The van der Waals surface area contributed by atoms with Gasteiger partial charge in [-0.15, -0.1) is 0 Å². The first-order chi connectivity index (χ1) is 9.84. The number of morpholine rings is 1. The fraction of sp³-hybridized carbons (Fsp3) is 0.938. The van der Waals surface area contributed by atoms with Crippen LogP contribution in [0.5, 0.6) is 0 Å². The highest BCUT2D eigenvalue weighted by atomic mass is 16.5. The highest BCUT2D eigenvalue weighted by Crippen LogP contribution is 2.33. The van der Waals surface area contributed by atoms with Gasteiger partial charge >= 0.3 is 0 Å². The van der Waals surface area contributed by atoms with Crippen LogP contribution in [0, 0.1) is 0 Å². The Labute approximate surface area is 128 Å². The summed E-state index contributed by atoms with van der Waals surface area (Å²) in [6.07, 6.45) is 4.13. The summed E-state index contributed by atoms with van der Waals surface area (Å²) in [7, 11) is 0. The molecule has 2 fully saturated rings. The maximum Gasteiger partial charge on any atom is 0.237 e. The van der Waals surface area contributed by atoms with Crippen LogP contribution in [-0.2, 0) is 9.53 Å². The third-order valence-corrected chi connectivity index (χ3v) is 4.89. The van der Waals surface area contributed by atoms with Crippen LogP contribution in [0.1, 0.15) is 53.4 Å². The Kier molecular flexibility index (Phi) is 5.28. The van der Waals surface area contributed by atoms with Gasteiger partial charge in [-0.3, -0.25) is 9.69 Å². The molecule has 1 saturated heterocycles. The minimum Gasteiger partial charge on any atom is -0.376 e. The van der Waals surface area contributed by atoms with Crippen LogP contribution in [0.25, 0.3) is 0 Å². The number of hydrogen-bond donors (Lipinski definition) is 2. The monoisotopic (exact) mass is 297 g/mol. The van der Waals surface area contributed by atoms with Crippen molar-refractivity contribution in [3.8, 4) is 0 Å². The first-order valence-corrected chi connectivity index (χ1v) is 8.29. The lowest BCUT2D eigenvalue weighted by Gasteiger charge is -2.48. The summed E-state index contributed by atoms with van der Waals surface area (Å²) < 4.78 is 5.73. The second kappa shape index (κ2) is 6.63. The summed E-state index contributed by atoms with van der Waals surface area (Å²) >= 11 is 0. The van der Waals surface area contributed by atoms with E-state index in [9.17, 15) is 4.79 Å². The van der Waals surface area contributed by atoms with Crippen molar-refractivity contribution >= 4 is 5.91 Å². The zero-order chi connectivity index (χ0) is 15.6. The quantitative estimate of drug-likeness (QED) is 0.820. The summed E-state index contributed by atoms with van der Waals surface area (Å²) in [5, 5.41) is 3.46. The van der Waals surface area contributed by atoms with E-state index in [1.807, 2.05) is 0 Å². The van der Waals surface area contributed by atoms with Gasteiger partial charge in [0.2, 0.25) is 5.91 Å². The van der Waals surface area contributed by atoms with Crippen molar-refractivity contribution in [3.63, 3.8) is 0 Å². The number of nitrogens with one attached hydrogen (secondary N) is 1. The second-order valence-electron chi connectivity index (χ2n) is 7.19. The Morgan fingerprint density at radius 3 is 2.76 bits per heavy atom. The normalized spacial score (nSPS) is 38.6. The smallest absolute Gasteiger partial charge is 0.237 e. The molecule has 3 N–H and O–H groups in total. The average molecular weight is 297 g/mol. The van der Waals surface area contributed by atoms with Gasteiger partial charge in [-0.2, -0.15) is 0 Å². The number of carbonyl (C=O) groups is 1. The third-order valence-electron chi connectivity index (χ3n) is 4.89. The zero-order valence-corrected chi connectivity index (χ0v) is 13.9.